The number of aryl methyl sites for hydroxylation is 3. The van der Waals surface area contributed by atoms with Crippen LogP contribution in [0.3, 0.4) is 0 Å². The maximum absolute atomic E-state index is 3.74. The van der Waals surface area contributed by atoms with Gasteiger partial charge in [-0.05, 0) is 56.2 Å². The molecule has 0 aliphatic heterocycles. The monoisotopic (exact) mass is 282 g/mol. The lowest BCUT2D eigenvalue weighted by Gasteiger charge is -2.09. The molecule has 0 aliphatic rings. The average molecular weight is 283 g/mol. The summed E-state index contributed by atoms with van der Waals surface area (Å²) in [5.41, 5.74) is 4.30. The SMILES string of the molecule is CCCC(Br)CCCc1ccc(C)c(C)c1. The van der Waals surface area contributed by atoms with Crippen LogP contribution in [-0.2, 0) is 6.42 Å². The van der Waals surface area contributed by atoms with Crippen LogP contribution in [0, 0.1) is 13.8 Å². The number of halogens is 1. The van der Waals surface area contributed by atoms with Gasteiger partial charge in [-0.25, -0.2) is 0 Å². The summed E-state index contributed by atoms with van der Waals surface area (Å²) in [6.07, 6.45) is 6.37. The minimum Gasteiger partial charge on any atom is -0.0891 e. The third kappa shape index (κ3) is 4.69. The van der Waals surface area contributed by atoms with Crippen LogP contribution in [0.4, 0.5) is 0 Å². The highest BCUT2D eigenvalue weighted by molar-refractivity contribution is 9.09. The predicted molar refractivity (Wildman–Crippen MR) is 76.5 cm³/mol. The van der Waals surface area contributed by atoms with Gasteiger partial charge in [0.1, 0.15) is 0 Å². The molecule has 16 heavy (non-hydrogen) atoms. The second-order valence-electron chi connectivity index (χ2n) is 4.70. The number of rotatable bonds is 6. The highest BCUT2D eigenvalue weighted by Gasteiger charge is 2.03. The molecule has 0 bridgehead atoms. The van der Waals surface area contributed by atoms with Crippen molar-refractivity contribution in [2.24, 2.45) is 0 Å². The first-order valence-corrected chi connectivity index (χ1v) is 7.25. The largest absolute Gasteiger partial charge is 0.0891 e. The minimum absolute atomic E-state index is 0.712. The summed E-state index contributed by atoms with van der Waals surface area (Å²) in [7, 11) is 0. The van der Waals surface area contributed by atoms with Gasteiger partial charge in [0.05, 0.1) is 0 Å². The Bertz CT molecular complexity index is 317. The normalized spacial score (nSPS) is 12.8. The van der Waals surface area contributed by atoms with Gasteiger partial charge < -0.3 is 0 Å². The van der Waals surface area contributed by atoms with Crippen LogP contribution >= 0.6 is 15.9 Å². The Morgan fingerprint density at radius 1 is 1.12 bits per heavy atom. The molecule has 0 saturated heterocycles. The lowest BCUT2D eigenvalue weighted by Crippen LogP contribution is -1.98. The van der Waals surface area contributed by atoms with E-state index in [1.807, 2.05) is 0 Å². The summed E-state index contributed by atoms with van der Waals surface area (Å²) in [5, 5.41) is 0. The molecule has 0 radical (unpaired) electrons. The van der Waals surface area contributed by atoms with E-state index in [4.69, 9.17) is 0 Å². The molecule has 1 aromatic carbocycles. The number of benzene rings is 1. The summed E-state index contributed by atoms with van der Waals surface area (Å²) in [6, 6.07) is 6.84. The van der Waals surface area contributed by atoms with Crippen molar-refractivity contribution in [3.8, 4) is 0 Å². The van der Waals surface area contributed by atoms with Crippen LogP contribution in [0.2, 0.25) is 0 Å². The van der Waals surface area contributed by atoms with Gasteiger partial charge in [0.25, 0.3) is 0 Å². The van der Waals surface area contributed by atoms with Gasteiger partial charge in [-0.3, -0.25) is 0 Å². The fourth-order valence-electron chi connectivity index (χ4n) is 1.94. The van der Waals surface area contributed by atoms with Gasteiger partial charge in [-0.1, -0.05) is 47.5 Å². The smallest absolute Gasteiger partial charge is 0.0145 e. The molecular formula is C15H23Br. The first-order valence-electron chi connectivity index (χ1n) is 6.33. The van der Waals surface area contributed by atoms with Gasteiger partial charge in [-0.15, -0.1) is 0 Å². The van der Waals surface area contributed by atoms with Crippen LogP contribution in [0.5, 0.6) is 0 Å². The van der Waals surface area contributed by atoms with Crippen molar-refractivity contribution in [1.29, 1.82) is 0 Å². The lowest BCUT2D eigenvalue weighted by molar-refractivity contribution is 0.655. The molecule has 1 atom stereocenters. The first-order chi connectivity index (χ1) is 7.63. The third-order valence-electron chi connectivity index (χ3n) is 3.16. The van der Waals surface area contributed by atoms with Gasteiger partial charge in [0.2, 0.25) is 0 Å². The maximum atomic E-state index is 3.74. The van der Waals surface area contributed by atoms with Crippen LogP contribution in [0.15, 0.2) is 18.2 Å². The number of alkyl halides is 1. The molecule has 0 spiro atoms. The van der Waals surface area contributed by atoms with Crippen molar-refractivity contribution in [2.45, 2.75) is 57.7 Å². The van der Waals surface area contributed by atoms with E-state index in [9.17, 15) is 0 Å². The lowest BCUT2D eigenvalue weighted by atomic mass is 10.0. The molecule has 0 fully saturated rings. The molecule has 0 saturated carbocycles. The standard InChI is InChI=1S/C15H23Br/c1-4-6-15(16)8-5-7-14-10-9-12(2)13(3)11-14/h9-11,15H,4-8H2,1-3H3. The predicted octanol–water partition coefficient (Wildman–Crippen LogP) is 5.19. The van der Waals surface area contributed by atoms with E-state index in [0.717, 1.165) is 0 Å². The second kappa shape index (κ2) is 7.11. The second-order valence-corrected chi connectivity index (χ2v) is 5.99. The van der Waals surface area contributed by atoms with E-state index in [-0.39, 0.29) is 0 Å². The van der Waals surface area contributed by atoms with E-state index in [2.05, 4.69) is 54.9 Å². The summed E-state index contributed by atoms with van der Waals surface area (Å²) in [4.78, 5) is 0.712. The molecule has 0 N–H and O–H groups in total. The van der Waals surface area contributed by atoms with Gasteiger partial charge in [0.15, 0.2) is 0 Å². The van der Waals surface area contributed by atoms with Gasteiger partial charge in [-0.2, -0.15) is 0 Å². The Labute approximate surface area is 109 Å². The summed E-state index contributed by atoms with van der Waals surface area (Å²) in [5.74, 6) is 0. The van der Waals surface area contributed by atoms with Crippen molar-refractivity contribution < 1.29 is 0 Å². The Hall–Kier alpha value is -0.300. The zero-order valence-corrected chi connectivity index (χ0v) is 12.3. The fourth-order valence-corrected chi connectivity index (χ4v) is 2.73. The molecule has 0 aliphatic carbocycles. The molecule has 0 aromatic heterocycles. The van der Waals surface area contributed by atoms with Crippen molar-refractivity contribution >= 4 is 15.9 Å². The van der Waals surface area contributed by atoms with Crippen molar-refractivity contribution in [1.82, 2.24) is 0 Å². The van der Waals surface area contributed by atoms with Gasteiger partial charge in [0, 0.05) is 4.83 Å². The summed E-state index contributed by atoms with van der Waals surface area (Å²) in [6.45, 7) is 6.62. The number of hydrogen-bond donors (Lipinski definition) is 0. The Kier molecular flexibility index (Phi) is 6.12. The molecule has 0 nitrogen and oxygen atoms in total. The van der Waals surface area contributed by atoms with Crippen molar-refractivity contribution in [3.63, 3.8) is 0 Å². The van der Waals surface area contributed by atoms with Crippen LogP contribution < -0.4 is 0 Å². The zero-order valence-electron chi connectivity index (χ0n) is 10.7. The van der Waals surface area contributed by atoms with Crippen LogP contribution in [-0.4, -0.2) is 4.83 Å². The van der Waals surface area contributed by atoms with Gasteiger partial charge >= 0.3 is 0 Å². The van der Waals surface area contributed by atoms with Crippen molar-refractivity contribution in [2.75, 3.05) is 0 Å². The zero-order chi connectivity index (χ0) is 12.0. The molecule has 1 unspecified atom stereocenters. The van der Waals surface area contributed by atoms with E-state index >= 15 is 0 Å². The maximum Gasteiger partial charge on any atom is 0.0145 e. The van der Waals surface area contributed by atoms with E-state index in [1.54, 1.807) is 0 Å². The third-order valence-corrected chi connectivity index (χ3v) is 4.07. The van der Waals surface area contributed by atoms with Crippen LogP contribution in [0.1, 0.15) is 49.3 Å². The summed E-state index contributed by atoms with van der Waals surface area (Å²) >= 11 is 3.74. The average Bonchev–Trinajstić information content (AvgIpc) is 2.24. The topological polar surface area (TPSA) is 0 Å². The molecule has 1 heteroatoms. The molecule has 1 rings (SSSR count). The number of hydrogen-bond acceptors (Lipinski definition) is 0. The summed E-state index contributed by atoms with van der Waals surface area (Å²) < 4.78 is 0. The minimum atomic E-state index is 0.712. The van der Waals surface area contributed by atoms with Crippen LogP contribution in [0.25, 0.3) is 0 Å². The first kappa shape index (κ1) is 13.8. The molecule has 1 aromatic rings. The Morgan fingerprint density at radius 2 is 1.88 bits per heavy atom. The Morgan fingerprint density at radius 3 is 2.50 bits per heavy atom. The van der Waals surface area contributed by atoms with E-state index < -0.39 is 0 Å². The molecule has 90 valence electrons. The quantitative estimate of drug-likeness (QED) is 0.630. The van der Waals surface area contributed by atoms with Crippen molar-refractivity contribution in [3.05, 3.63) is 34.9 Å². The Balaban J connectivity index is 2.34. The molecule has 0 amide bonds. The highest BCUT2D eigenvalue weighted by Crippen LogP contribution is 2.17. The van der Waals surface area contributed by atoms with E-state index in [1.165, 1.54) is 48.8 Å². The highest BCUT2D eigenvalue weighted by atomic mass is 79.9. The van der Waals surface area contributed by atoms with E-state index in [0.29, 0.717) is 4.83 Å². The fraction of sp³-hybridized carbons (Fsp3) is 0.600. The molecule has 0 heterocycles. The molecular weight excluding hydrogens is 260 g/mol.